The van der Waals surface area contributed by atoms with E-state index in [1.165, 1.54) is 28.7 Å². The van der Waals surface area contributed by atoms with E-state index in [-0.39, 0.29) is 33.8 Å². The summed E-state index contributed by atoms with van der Waals surface area (Å²) < 4.78 is 1.27. The number of aromatic nitrogens is 3. The number of nitrogens with two attached hydrogens (primary N) is 3. The number of thioether (sulfide) groups is 2. The predicted molar refractivity (Wildman–Crippen MR) is 150 cm³/mol. The number of rotatable bonds is 11. The number of fused-ring (bicyclic) bond motifs is 1. The number of carboxylic acid groups (broad SMARTS) is 2. The van der Waals surface area contributed by atoms with Crippen LogP contribution in [0.4, 0.5) is 16.8 Å². The number of thiazole rings is 1. The van der Waals surface area contributed by atoms with E-state index in [0.717, 1.165) is 28.0 Å². The number of nitrogens with zero attached hydrogens (tertiary/aromatic N) is 5. The van der Waals surface area contributed by atoms with Crippen molar-refractivity contribution in [3.8, 4) is 0 Å². The second-order valence-electron chi connectivity index (χ2n) is 8.47. The van der Waals surface area contributed by atoms with Crippen molar-refractivity contribution in [2.75, 3.05) is 41.2 Å². The van der Waals surface area contributed by atoms with Gasteiger partial charge < -0.3 is 37.2 Å². The Morgan fingerprint density at radius 1 is 1.34 bits per heavy atom. The number of nitrogen functional groups attached to an aromatic ring is 3. The fourth-order valence-corrected chi connectivity index (χ4v) is 6.71. The third-order valence-electron chi connectivity index (χ3n) is 5.77. The minimum Gasteiger partial charge on any atom is -0.478 e. The Kier molecular flexibility index (Phi) is 8.73. The molecule has 2 aliphatic rings. The summed E-state index contributed by atoms with van der Waals surface area (Å²) in [6.07, 6.45) is -1.37. The summed E-state index contributed by atoms with van der Waals surface area (Å²) in [5, 5.41) is 29.2. The van der Waals surface area contributed by atoms with Crippen LogP contribution in [0.1, 0.15) is 12.6 Å². The smallest absolute Gasteiger partial charge is 0.352 e. The van der Waals surface area contributed by atoms with Gasteiger partial charge >= 0.3 is 17.1 Å². The zero-order valence-corrected chi connectivity index (χ0v) is 23.9. The number of anilines is 3. The lowest BCUT2D eigenvalue weighted by atomic mass is 10.0. The van der Waals surface area contributed by atoms with Gasteiger partial charge in [-0.2, -0.15) is 0 Å². The van der Waals surface area contributed by atoms with Crippen molar-refractivity contribution in [3.05, 3.63) is 28.4 Å². The molecule has 2 aliphatic heterocycles. The Hall–Kier alpha value is -4.30. The number of carbonyl (C=O) groups excluding carboxylic acids is 2. The highest BCUT2D eigenvalue weighted by molar-refractivity contribution is 8.01. The molecule has 2 amide bonds. The number of oxime groups is 1. The molecule has 20 heteroatoms. The van der Waals surface area contributed by atoms with Crippen LogP contribution in [-0.2, 0) is 24.0 Å². The van der Waals surface area contributed by atoms with Gasteiger partial charge in [0.1, 0.15) is 22.8 Å². The lowest BCUT2D eigenvalue weighted by Gasteiger charge is -2.49. The number of hydrogen-bond donors (Lipinski definition) is 7. The molecule has 3 atom stereocenters. The van der Waals surface area contributed by atoms with Crippen LogP contribution in [0.3, 0.4) is 0 Å². The first-order valence-electron chi connectivity index (χ1n) is 11.6. The first-order chi connectivity index (χ1) is 19.4. The molecule has 1 saturated heterocycles. The largest absolute Gasteiger partial charge is 0.478 e. The highest BCUT2D eigenvalue weighted by Gasteiger charge is 2.54. The predicted octanol–water partition coefficient (Wildman–Crippen LogP) is -1.53. The molecule has 1 unspecified atom stereocenters. The van der Waals surface area contributed by atoms with Gasteiger partial charge in [-0.15, -0.1) is 27.8 Å². The van der Waals surface area contributed by atoms with Gasteiger partial charge in [0, 0.05) is 23.9 Å². The monoisotopic (exact) mass is 625 g/mol. The van der Waals surface area contributed by atoms with Crippen molar-refractivity contribution in [2.45, 2.75) is 29.6 Å². The van der Waals surface area contributed by atoms with E-state index in [4.69, 9.17) is 27.3 Å². The lowest BCUT2D eigenvalue weighted by Crippen LogP contribution is -2.71. The second-order valence-corrected chi connectivity index (χ2v) is 11.4. The molecule has 4 heterocycles. The van der Waals surface area contributed by atoms with E-state index in [0.29, 0.717) is 16.5 Å². The van der Waals surface area contributed by atoms with Gasteiger partial charge in [0.2, 0.25) is 17.7 Å². The van der Waals surface area contributed by atoms with E-state index in [1.807, 2.05) is 0 Å². The van der Waals surface area contributed by atoms with Crippen LogP contribution >= 0.6 is 34.9 Å². The molecule has 218 valence electrons. The van der Waals surface area contributed by atoms with Gasteiger partial charge in [-0.1, -0.05) is 10.1 Å². The Labute approximate surface area is 244 Å². The third-order valence-corrected chi connectivity index (χ3v) is 8.83. The van der Waals surface area contributed by atoms with Crippen molar-refractivity contribution < 1.29 is 38.9 Å². The average Bonchev–Trinajstić information content (AvgIpc) is 3.36. The van der Waals surface area contributed by atoms with E-state index in [2.05, 4.69) is 25.8 Å². The van der Waals surface area contributed by atoms with Crippen molar-refractivity contribution in [3.63, 3.8) is 0 Å². The number of carboxylic acids is 2. The summed E-state index contributed by atoms with van der Waals surface area (Å²) in [7, 11) is 1.66. The molecule has 1 fully saturated rings. The zero-order valence-electron chi connectivity index (χ0n) is 21.4. The topological polar surface area (TPSA) is 265 Å². The fourth-order valence-electron chi connectivity index (χ4n) is 3.74. The number of nitrogens with one attached hydrogen (secondary N) is 2. The third kappa shape index (κ3) is 6.07. The van der Waals surface area contributed by atoms with Crippen molar-refractivity contribution >= 4 is 81.1 Å². The summed E-state index contributed by atoms with van der Waals surface area (Å²) in [5.41, 5.74) is 11.4. The maximum atomic E-state index is 13.1. The Morgan fingerprint density at radius 2 is 2.07 bits per heavy atom. The molecule has 41 heavy (non-hydrogen) atoms. The van der Waals surface area contributed by atoms with Crippen LogP contribution in [0.15, 0.2) is 33.0 Å². The summed E-state index contributed by atoms with van der Waals surface area (Å²) in [6, 6.07) is 0.451. The van der Waals surface area contributed by atoms with Gasteiger partial charge in [-0.3, -0.25) is 20.3 Å². The van der Waals surface area contributed by atoms with Crippen LogP contribution in [0, 0.1) is 0 Å². The normalized spacial score (nSPS) is 19.2. The van der Waals surface area contributed by atoms with Crippen LogP contribution in [0.5, 0.6) is 0 Å². The number of aliphatic carboxylic acids is 2. The second kappa shape index (κ2) is 12.1. The van der Waals surface area contributed by atoms with Crippen LogP contribution < -0.4 is 32.6 Å². The Bertz CT molecular complexity index is 1480. The van der Waals surface area contributed by atoms with Crippen LogP contribution in [-0.4, -0.2) is 90.6 Å². The summed E-state index contributed by atoms with van der Waals surface area (Å²) >= 11 is 3.42. The molecule has 4 rings (SSSR count). The molecule has 17 nitrogen and oxygen atoms in total. The molecule has 0 aliphatic carbocycles. The number of amides is 2. The average molecular weight is 626 g/mol. The van der Waals surface area contributed by atoms with E-state index in [9.17, 15) is 24.3 Å². The molecule has 0 aromatic carbocycles. The quantitative estimate of drug-likeness (QED) is 0.0284. The Morgan fingerprint density at radius 3 is 2.68 bits per heavy atom. The van der Waals surface area contributed by atoms with Gasteiger partial charge in [0.15, 0.2) is 10.8 Å². The molecule has 0 radical (unpaired) electrons. The molecule has 10 N–H and O–H groups in total. The summed E-state index contributed by atoms with van der Waals surface area (Å²) in [4.78, 5) is 63.8. The fraction of sp³-hybridized carbons (Fsp3) is 0.333. The first kappa shape index (κ1) is 29.7. The molecule has 0 saturated carbocycles. The van der Waals surface area contributed by atoms with E-state index in [1.54, 1.807) is 13.1 Å². The maximum Gasteiger partial charge on any atom is 0.352 e. The van der Waals surface area contributed by atoms with Gasteiger partial charge in [0.05, 0.1) is 6.07 Å². The number of carbonyl (C=O) groups is 4. The van der Waals surface area contributed by atoms with Crippen molar-refractivity contribution in [1.82, 2.24) is 20.2 Å². The van der Waals surface area contributed by atoms with Gasteiger partial charge in [0.25, 0.3) is 11.8 Å². The molecule has 0 spiro atoms. The highest BCUT2D eigenvalue weighted by Crippen LogP contribution is 2.41. The Balaban J connectivity index is 1.52. The highest BCUT2D eigenvalue weighted by atomic mass is 32.2. The minimum absolute atomic E-state index is 0.0154. The van der Waals surface area contributed by atoms with E-state index >= 15 is 0 Å². The van der Waals surface area contributed by atoms with Gasteiger partial charge in [-0.05, 0) is 24.3 Å². The zero-order chi connectivity index (χ0) is 30.0. The summed E-state index contributed by atoms with van der Waals surface area (Å²) in [5.74, 6) is 3.00. The number of hydrogen-bond acceptors (Lipinski definition) is 15. The maximum absolute atomic E-state index is 13.1. The number of β-lactam (4-membered cyclic amide) rings is 1. The van der Waals surface area contributed by atoms with E-state index < -0.39 is 47.0 Å². The molecular weight excluding hydrogens is 600 g/mol. The molecule has 2 aromatic rings. The molecule has 2 aromatic heterocycles. The minimum atomic E-state index is -1.37. The molecular formula is C21H25N10O7S3+. The van der Waals surface area contributed by atoms with Crippen molar-refractivity contribution in [2.24, 2.45) is 5.16 Å². The molecule has 0 bridgehead atoms. The summed E-state index contributed by atoms with van der Waals surface area (Å²) in [6.45, 7) is 1.22. The van der Waals surface area contributed by atoms with Crippen molar-refractivity contribution in [1.29, 1.82) is 0 Å². The lowest BCUT2D eigenvalue weighted by molar-refractivity contribution is -0.667. The standard InChI is InChI=1S/C21H24N10O7S3/c1-7(18(34)35)38-29-12(9-6-40-20(23)26-9)15(32)28-13-16(33)30-14(19(36)37)8(4-39-17(13)30)5-41-21-27-10(22)3-11(25-2)31(21)24/h3,6-7,13,17H,4-5,24H2,1-2H3,(H7,22,23,25,26,28,32,34,35,36,37)/p+1/b29-12-/t7-,13?,17+/m0/s1. The first-order valence-corrected chi connectivity index (χ1v) is 14.5. The van der Waals surface area contributed by atoms with Crippen LogP contribution in [0.25, 0.3) is 0 Å². The SMILES string of the molecule is CNc1cc(N)nc(SCC2=C(C(=O)O)N3C(=O)C(NC(=O)/C(=N\O[C@@H](C)C(=O)O)c4csc(N)n4)[C@H]3SC2)[n+]1N. The van der Waals surface area contributed by atoms with Gasteiger partial charge in [-0.25, -0.2) is 14.6 Å². The van der Waals surface area contributed by atoms with Crippen LogP contribution in [0.2, 0.25) is 0 Å².